The van der Waals surface area contributed by atoms with Crippen LogP contribution < -0.4 is 5.73 Å². The third-order valence-corrected chi connectivity index (χ3v) is 10.6. The second kappa shape index (κ2) is 11.7. The van der Waals surface area contributed by atoms with Crippen molar-refractivity contribution in [3.8, 4) is 22.3 Å². The van der Waals surface area contributed by atoms with Gasteiger partial charge in [-0.25, -0.2) is 0 Å². The summed E-state index contributed by atoms with van der Waals surface area (Å²) in [5.74, 6) is 0.303. The molecule has 0 amide bonds. The van der Waals surface area contributed by atoms with E-state index in [1.54, 1.807) is 0 Å². The maximum Gasteiger partial charge on any atom is 0.0184 e. The van der Waals surface area contributed by atoms with E-state index in [0.29, 0.717) is 12.5 Å². The molecule has 6 aromatic rings. The van der Waals surface area contributed by atoms with Crippen LogP contribution in [0, 0.1) is 0 Å². The molecule has 0 bridgehead atoms. The summed E-state index contributed by atoms with van der Waals surface area (Å²) in [5.41, 5.74) is 20.9. The van der Waals surface area contributed by atoms with Crippen LogP contribution in [-0.4, -0.2) is 0 Å². The van der Waals surface area contributed by atoms with Gasteiger partial charge in [-0.05, 0) is 108 Å². The third kappa shape index (κ3) is 4.80. The lowest BCUT2D eigenvalue weighted by atomic mass is 9.78. The van der Waals surface area contributed by atoms with Crippen LogP contribution in [0.15, 0.2) is 140 Å². The summed E-state index contributed by atoms with van der Waals surface area (Å²) in [4.78, 5) is 0. The summed E-state index contributed by atoms with van der Waals surface area (Å²) in [6.45, 7) is 9.25. The number of benzene rings is 6. The lowest BCUT2D eigenvalue weighted by Crippen LogP contribution is -2.16. The minimum Gasteiger partial charge on any atom is -0.326 e. The fraction of sp³-hybridized carbons (Fsp3) is 0.174. The molecular weight excluding hydrogens is 567 g/mol. The average molecular weight is 608 g/mol. The van der Waals surface area contributed by atoms with Gasteiger partial charge in [0.25, 0.3) is 0 Å². The monoisotopic (exact) mass is 607 g/mol. The van der Waals surface area contributed by atoms with Crippen molar-refractivity contribution in [2.45, 2.75) is 51.0 Å². The molecule has 0 saturated carbocycles. The van der Waals surface area contributed by atoms with Crippen LogP contribution in [0.2, 0.25) is 0 Å². The molecule has 1 unspecified atom stereocenters. The first-order valence-corrected chi connectivity index (χ1v) is 17.0. The van der Waals surface area contributed by atoms with Gasteiger partial charge in [0.1, 0.15) is 0 Å². The van der Waals surface area contributed by atoms with E-state index in [9.17, 15) is 0 Å². The number of aryl methyl sites for hydroxylation is 1. The van der Waals surface area contributed by atoms with Crippen molar-refractivity contribution in [1.82, 2.24) is 0 Å². The van der Waals surface area contributed by atoms with E-state index < -0.39 is 0 Å². The minimum absolute atomic E-state index is 0.115. The van der Waals surface area contributed by atoms with Gasteiger partial charge < -0.3 is 5.73 Å². The van der Waals surface area contributed by atoms with Crippen molar-refractivity contribution < 1.29 is 0 Å². The Labute approximate surface area is 278 Å². The highest BCUT2D eigenvalue weighted by Gasteiger charge is 2.38. The molecule has 8 rings (SSSR count). The van der Waals surface area contributed by atoms with Crippen LogP contribution >= 0.6 is 0 Å². The van der Waals surface area contributed by atoms with Crippen LogP contribution in [0.3, 0.4) is 0 Å². The number of hydrogen-bond donors (Lipinski definition) is 1. The number of nitrogens with two attached hydrogens (primary N) is 1. The summed E-state index contributed by atoms with van der Waals surface area (Å²) in [6, 6.07) is 40.7. The zero-order valence-electron chi connectivity index (χ0n) is 27.4. The van der Waals surface area contributed by atoms with Crippen molar-refractivity contribution in [2.24, 2.45) is 5.73 Å². The van der Waals surface area contributed by atoms with Gasteiger partial charge in [-0.1, -0.05) is 141 Å². The highest BCUT2D eigenvalue weighted by molar-refractivity contribution is 6.18. The first-order valence-electron chi connectivity index (χ1n) is 17.0. The maximum atomic E-state index is 6.39. The molecule has 0 fully saturated rings. The van der Waals surface area contributed by atoms with Gasteiger partial charge in [0.2, 0.25) is 0 Å². The Bertz CT molecular complexity index is 2260. The molecule has 0 heterocycles. The molecule has 230 valence electrons. The van der Waals surface area contributed by atoms with Crippen LogP contribution in [0.1, 0.15) is 66.0 Å². The Morgan fingerprint density at radius 1 is 0.745 bits per heavy atom. The zero-order valence-corrected chi connectivity index (χ0v) is 27.4. The van der Waals surface area contributed by atoms with E-state index >= 15 is 0 Å². The quantitative estimate of drug-likeness (QED) is 0.142. The van der Waals surface area contributed by atoms with E-state index in [0.717, 1.165) is 19.3 Å². The molecule has 47 heavy (non-hydrogen) atoms. The topological polar surface area (TPSA) is 26.0 Å². The molecule has 2 N–H and O–H groups in total. The van der Waals surface area contributed by atoms with Crippen LogP contribution in [0.5, 0.6) is 0 Å². The molecule has 2 aliphatic carbocycles. The molecule has 2 aliphatic rings. The third-order valence-electron chi connectivity index (χ3n) is 10.6. The molecule has 0 spiro atoms. The highest BCUT2D eigenvalue weighted by Crippen LogP contribution is 2.55. The lowest BCUT2D eigenvalue weighted by molar-refractivity contribution is 0.666. The first-order chi connectivity index (χ1) is 23.0. The average Bonchev–Trinajstić information content (AvgIpc) is 3.37. The Balaban J connectivity index is 1.18. The summed E-state index contributed by atoms with van der Waals surface area (Å²) >= 11 is 0. The molecule has 0 aromatic heterocycles. The molecule has 6 aromatic carbocycles. The largest absolute Gasteiger partial charge is 0.326 e. The van der Waals surface area contributed by atoms with Gasteiger partial charge in [-0.15, -0.1) is 6.58 Å². The Hall–Kier alpha value is -4.98. The van der Waals surface area contributed by atoms with Crippen molar-refractivity contribution in [3.05, 3.63) is 173 Å². The summed E-state index contributed by atoms with van der Waals surface area (Å²) in [6.07, 6.45) is 12.1. The van der Waals surface area contributed by atoms with Crippen molar-refractivity contribution in [2.75, 3.05) is 0 Å². The number of allylic oxidation sites excluding steroid dienone is 5. The summed E-state index contributed by atoms with van der Waals surface area (Å²) in [5, 5.41) is 5.38. The van der Waals surface area contributed by atoms with Gasteiger partial charge in [0.05, 0.1) is 0 Å². The van der Waals surface area contributed by atoms with Gasteiger partial charge in [0.15, 0.2) is 0 Å². The second-order valence-corrected chi connectivity index (χ2v) is 13.7. The van der Waals surface area contributed by atoms with Crippen LogP contribution in [0.4, 0.5) is 0 Å². The fourth-order valence-corrected chi connectivity index (χ4v) is 8.31. The van der Waals surface area contributed by atoms with Crippen molar-refractivity contribution >= 4 is 27.1 Å². The van der Waals surface area contributed by atoms with Crippen molar-refractivity contribution in [3.63, 3.8) is 0 Å². The molecule has 1 heteroatoms. The van der Waals surface area contributed by atoms with Crippen LogP contribution in [0.25, 0.3) is 49.4 Å². The Morgan fingerprint density at radius 2 is 1.43 bits per heavy atom. The summed E-state index contributed by atoms with van der Waals surface area (Å²) in [7, 11) is 0. The van der Waals surface area contributed by atoms with E-state index in [-0.39, 0.29) is 5.41 Å². The van der Waals surface area contributed by atoms with Crippen LogP contribution in [-0.2, 0) is 18.4 Å². The van der Waals surface area contributed by atoms with E-state index in [2.05, 4.69) is 148 Å². The van der Waals surface area contributed by atoms with Gasteiger partial charge >= 0.3 is 0 Å². The predicted molar refractivity (Wildman–Crippen MR) is 202 cm³/mol. The normalized spacial score (nSPS) is 16.2. The number of hydrogen-bond acceptors (Lipinski definition) is 1. The molecular formula is C46H41N. The lowest BCUT2D eigenvalue weighted by Gasteiger charge is -2.25. The van der Waals surface area contributed by atoms with Gasteiger partial charge in [-0.2, -0.15) is 0 Å². The van der Waals surface area contributed by atoms with Gasteiger partial charge in [0, 0.05) is 17.9 Å². The number of fused-ring (bicyclic) bond motifs is 8. The first kappa shape index (κ1) is 29.4. The smallest absolute Gasteiger partial charge is 0.0184 e. The predicted octanol–water partition coefficient (Wildman–Crippen LogP) is 11.7. The molecule has 1 atom stereocenters. The van der Waals surface area contributed by atoms with E-state index in [1.165, 1.54) is 82.8 Å². The highest BCUT2D eigenvalue weighted by atomic mass is 14.5. The van der Waals surface area contributed by atoms with Gasteiger partial charge in [-0.3, -0.25) is 0 Å². The SMILES string of the molecule is C=CCCc1ccccc1-c1ccc(C2C=C(c3ccc4c(c3)C(C)(C)c3c-4c4ccccc4c4ccccc34)C=CC2)cc1CN. The minimum atomic E-state index is -0.115. The Kier molecular flexibility index (Phi) is 7.31. The Morgan fingerprint density at radius 3 is 2.21 bits per heavy atom. The molecule has 0 aliphatic heterocycles. The standard InChI is InChI=1S/C46H41N/c1-4-5-13-30-14-6-7-17-36(30)37-24-22-33(27-35(37)29-47)31-15-12-16-32(26-31)34-23-25-42-43(28-34)46(2,3)45-41-21-11-9-19-39(41)38-18-8-10-20-40(38)44(42)45/h4,6-12,14,16-28,31H,1,5,13,15,29,47H2,2-3H3. The molecule has 0 radical (unpaired) electrons. The molecule has 0 saturated heterocycles. The van der Waals surface area contributed by atoms with E-state index in [4.69, 9.17) is 5.73 Å². The zero-order chi connectivity index (χ0) is 32.1. The fourth-order valence-electron chi connectivity index (χ4n) is 8.31. The maximum absolute atomic E-state index is 6.39. The number of rotatable bonds is 7. The second-order valence-electron chi connectivity index (χ2n) is 13.7. The van der Waals surface area contributed by atoms with E-state index in [1.807, 2.05) is 6.08 Å². The summed E-state index contributed by atoms with van der Waals surface area (Å²) < 4.78 is 0. The molecule has 1 nitrogen and oxygen atoms in total. The van der Waals surface area contributed by atoms with Crippen molar-refractivity contribution in [1.29, 1.82) is 0 Å².